The van der Waals surface area contributed by atoms with Crippen LogP contribution in [0.1, 0.15) is 33.8 Å². The fourth-order valence-electron chi connectivity index (χ4n) is 2.76. The highest BCUT2D eigenvalue weighted by Gasteiger charge is 2.26. The van der Waals surface area contributed by atoms with E-state index in [1.165, 1.54) is 10.4 Å². The quantitative estimate of drug-likeness (QED) is 0.744. The molecule has 2 aromatic rings. The number of thiophene rings is 1. The summed E-state index contributed by atoms with van der Waals surface area (Å²) >= 11 is 13.9. The molecule has 5 heteroatoms. The van der Waals surface area contributed by atoms with Crippen molar-refractivity contribution in [2.24, 2.45) is 0 Å². The number of rotatable bonds is 3. The molecule has 0 radical (unpaired) electrons. The Morgan fingerprint density at radius 3 is 3.00 bits per heavy atom. The van der Waals surface area contributed by atoms with Gasteiger partial charge in [0.2, 0.25) is 0 Å². The summed E-state index contributed by atoms with van der Waals surface area (Å²) in [4.78, 5) is 16.1. The summed E-state index contributed by atoms with van der Waals surface area (Å²) < 4.78 is 0. The monoisotopic (exact) mass is 339 g/mol. The number of nitrogens with zero attached hydrogens (tertiary/aromatic N) is 1. The Labute approximate surface area is 138 Å². The molecule has 0 amide bonds. The number of benzene rings is 1. The van der Waals surface area contributed by atoms with Crippen LogP contribution in [0, 0.1) is 0 Å². The summed E-state index contributed by atoms with van der Waals surface area (Å²) in [6.45, 7) is 3.42. The van der Waals surface area contributed by atoms with Crippen LogP contribution in [0.2, 0.25) is 10.0 Å². The molecule has 0 fully saturated rings. The maximum atomic E-state index is 12.5. The third-order valence-corrected chi connectivity index (χ3v) is 5.54. The van der Waals surface area contributed by atoms with Crippen molar-refractivity contribution in [1.82, 2.24) is 4.90 Å². The molecule has 1 aliphatic rings. The molecule has 110 valence electrons. The van der Waals surface area contributed by atoms with Crippen molar-refractivity contribution in [1.29, 1.82) is 0 Å². The summed E-state index contributed by atoms with van der Waals surface area (Å²) in [5.41, 5.74) is 1.85. The lowest BCUT2D eigenvalue weighted by atomic mass is 10.0. The molecular weight excluding hydrogens is 325 g/mol. The molecule has 0 N–H and O–H groups in total. The molecule has 1 unspecified atom stereocenters. The molecule has 2 nitrogen and oxygen atoms in total. The molecule has 1 aromatic carbocycles. The van der Waals surface area contributed by atoms with Crippen LogP contribution in [0.4, 0.5) is 0 Å². The highest BCUT2D eigenvalue weighted by atomic mass is 35.5. The predicted octanol–water partition coefficient (Wildman–Crippen LogP) is 4.86. The van der Waals surface area contributed by atoms with Crippen LogP contribution >= 0.6 is 34.5 Å². The summed E-state index contributed by atoms with van der Waals surface area (Å²) in [5.74, 6) is 0.0213. The Morgan fingerprint density at radius 2 is 2.19 bits per heavy atom. The number of halogens is 2. The SMILES string of the molecule is CC1c2ccsc2CCN1CC(=O)c1cc(Cl)ccc1Cl. The number of carbonyl (C=O) groups excluding carboxylic acids is 1. The summed E-state index contributed by atoms with van der Waals surface area (Å²) in [6.07, 6.45) is 1.01. The van der Waals surface area contributed by atoms with E-state index in [1.54, 1.807) is 29.5 Å². The van der Waals surface area contributed by atoms with Crippen LogP contribution in [0.5, 0.6) is 0 Å². The Kier molecular flexibility index (Phi) is 4.36. The van der Waals surface area contributed by atoms with Crippen LogP contribution in [-0.2, 0) is 6.42 Å². The van der Waals surface area contributed by atoms with Crippen LogP contribution in [-0.4, -0.2) is 23.8 Å². The van der Waals surface area contributed by atoms with Gasteiger partial charge in [-0.1, -0.05) is 23.2 Å². The average Bonchev–Trinajstić information content (AvgIpc) is 2.93. The number of Topliss-reactive ketones (excluding diaryl/α,β-unsaturated/α-hetero) is 1. The van der Waals surface area contributed by atoms with Crippen molar-refractivity contribution >= 4 is 40.3 Å². The van der Waals surface area contributed by atoms with Gasteiger partial charge >= 0.3 is 0 Å². The molecule has 1 atom stereocenters. The lowest BCUT2D eigenvalue weighted by Gasteiger charge is -2.33. The van der Waals surface area contributed by atoms with Gasteiger partial charge in [-0.2, -0.15) is 0 Å². The molecule has 0 spiro atoms. The van der Waals surface area contributed by atoms with Crippen molar-refractivity contribution in [2.75, 3.05) is 13.1 Å². The molecular formula is C16H15Cl2NOS. The van der Waals surface area contributed by atoms with E-state index >= 15 is 0 Å². The first-order valence-electron chi connectivity index (χ1n) is 6.85. The van der Waals surface area contributed by atoms with Gasteiger partial charge in [0.25, 0.3) is 0 Å². The minimum absolute atomic E-state index is 0.0213. The van der Waals surface area contributed by atoms with Crippen molar-refractivity contribution in [3.63, 3.8) is 0 Å². The van der Waals surface area contributed by atoms with E-state index in [0.29, 0.717) is 22.2 Å². The Balaban J connectivity index is 1.78. The van der Waals surface area contributed by atoms with Crippen molar-refractivity contribution in [3.8, 4) is 0 Å². The Hall–Kier alpha value is -0.870. The lowest BCUT2D eigenvalue weighted by Crippen LogP contribution is -2.37. The molecule has 1 aliphatic heterocycles. The molecule has 1 aromatic heterocycles. The third-order valence-electron chi connectivity index (χ3n) is 3.98. The highest BCUT2D eigenvalue weighted by molar-refractivity contribution is 7.10. The van der Waals surface area contributed by atoms with E-state index in [2.05, 4.69) is 23.3 Å². The number of ketones is 1. The van der Waals surface area contributed by atoms with Crippen LogP contribution < -0.4 is 0 Å². The zero-order chi connectivity index (χ0) is 15.0. The zero-order valence-electron chi connectivity index (χ0n) is 11.6. The second-order valence-corrected chi connectivity index (χ2v) is 7.09. The maximum absolute atomic E-state index is 12.5. The Bertz CT molecular complexity index is 683. The summed E-state index contributed by atoms with van der Waals surface area (Å²) in [7, 11) is 0. The van der Waals surface area contributed by atoms with Crippen molar-refractivity contribution in [3.05, 3.63) is 55.7 Å². The highest BCUT2D eigenvalue weighted by Crippen LogP contribution is 2.33. The second kappa shape index (κ2) is 6.09. The number of fused-ring (bicyclic) bond motifs is 1. The zero-order valence-corrected chi connectivity index (χ0v) is 13.9. The fourth-order valence-corrected chi connectivity index (χ4v) is 4.12. The minimum Gasteiger partial charge on any atom is -0.293 e. The van der Waals surface area contributed by atoms with Gasteiger partial charge in [-0.15, -0.1) is 11.3 Å². The van der Waals surface area contributed by atoms with E-state index in [1.807, 2.05) is 0 Å². The minimum atomic E-state index is 0.0213. The van der Waals surface area contributed by atoms with Gasteiger partial charge in [0, 0.05) is 28.0 Å². The molecule has 0 aliphatic carbocycles. The fraction of sp³-hybridized carbons (Fsp3) is 0.312. The van der Waals surface area contributed by atoms with Crippen LogP contribution in [0.25, 0.3) is 0 Å². The first-order valence-corrected chi connectivity index (χ1v) is 8.48. The van der Waals surface area contributed by atoms with Gasteiger partial charge in [0.15, 0.2) is 5.78 Å². The van der Waals surface area contributed by atoms with Gasteiger partial charge in [0.1, 0.15) is 0 Å². The van der Waals surface area contributed by atoms with Gasteiger partial charge in [-0.3, -0.25) is 9.69 Å². The average molecular weight is 340 g/mol. The first-order chi connectivity index (χ1) is 10.1. The lowest BCUT2D eigenvalue weighted by molar-refractivity contribution is 0.0891. The largest absolute Gasteiger partial charge is 0.293 e. The van der Waals surface area contributed by atoms with Gasteiger partial charge in [-0.25, -0.2) is 0 Å². The van der Waals surface area contributed by atoms with Crippen LogP contribution in [0.3, 0.4) is 0 Å². The molecule has 3 rings (SSSR count). The van der Waals surface area contributed by atoms with Crippen molar-refractivity contribution in [2.45, 2.75) is 19.4 Å². The smallest absolute Gasteiger partial charge is 0.178 e. The van der Waals surface area contributed by atoms with Crippen LogP contribution in [0.15, 0.2) is 29.6 Å². The molecule has 0 bridgehead atoms. The van der Waals surface area contributed by atoms with Gasteiger partial charge in [-0.05, 0) is 48.6 Å². The van der Waals surface area contributed by atoms with Crippen molar-refractivity contribution < 1.29 is 4.79 Å². The second-order valence-electron chi connectivity index (χ2n) is 5.24. The van der Waals surface area contributed by atoms with E-state index in [4.69, 9.17) is 23.2 Å². The summed E-state index contributed by atoms with van der Waals surface area (Å²) in [5, 5.41) is 3.13. The van der Waals surface area contributed by atoms with E-state index in [9.17, 15) is 4.79 Å². The van der Waals surface area contributed by atoms with E-state index < -0.39 is 0 Å². The number of hydrogen-bond donors (Lipinski definition) is 0. The summed E-state index contributed by atoms with van der Waals surface area (Å²) in [6, 6.07) is 7.45. The topological polar surface area (TPSA) is 20.3 Å². The molecule has 0 saturated heterocycles. The van der Waals surface area contributed by atoms with Gasteiger partial charge < -0.3 is 0 Å². The predicted molar refractivity (Wildman–Crippen MR) is 88.8 cm³/mol. The van der Waals surface area contributed by atoms with E-state index in [-0.39, 0.29) is 11.8 Å². The maximum Gasteiger partial charge on any atom is 0.178 e. The van der Waals surface area contributed by atoms with Gasteiger partial charge in [0.05, 0.1) is 11.6 Å². The first kappa shape index (κ1) is 15.0. The molecule has 0 saturated carbocycles. The molecule has 21 heavy (non-hydrogen) atoms. The molecule has 2 heterocycles. The number of carbonyl (C=O) groups is 1. The Morgan fingerprint density at radius 1 is 1.38 bits per heavy atom. The number of hydrogen-bond acceptors (Lipinski definition) is 3. The normalized spacial score (nSPS) is 18.5. The third kappa shape index (κ3) is 3.02. The standard InChI is InChI=1S/C16H15Cl2NOS/c1-10-12-5-7-21-16(12)4-6-19(10)9-15(20)13-8-11(17)2-3-14(13)18/h2-3,5,7-8,10H,4,6,9H2,1H3. The van der Waals surface area contributed by atoms with E-state index in [0.717, 1.165) is 13.0 Å².